The number of aryl methyl sites for hydroxylation is 1. The molecule has 1 N–H and O–H groups in total. The van der Waals surface area contributed by atoms with Gasteiger partial charge >= 0.3 is 5.97 Å². The lowest BCUT2D eigenvalue weighted by molar-refractivity contribution is -0.136. The third kappa shape index (κ3) is 2.69. The average molecular weight is 241 g/mol. The van der Waals surface area contributed by atoms with Gasteiger partial charge in [0.2, 0.25) is 0 Å². The molecule has 2 aromatic rings. The van der Waals surface area contributed by atoms with Gasteiger partial charge in [-0.2, -0.15) is 0 Å². The van der Waals surface area contributed by atoms with Gasteiger partial charge in [-0.05, 0) is 30.7 Å². The van der Waals surface area contributed by atoms with E-state index in [1.165, 1.54) is 6.08 Å². The van der Waals surface area contributed by atoms with Gasteiger partial charge in [0, 0.05) is 22.7 Å². The summed E-state index contributed by atoms with van der Waals surface area (Å²) >= 11 is 0. The summed E-state index contributed by atoms with van der Waals surface area (Å²) in [4.78, 5) is 14.6. The Morgan fingerprint density at radius 2 is 2.33 bits per heavy atom. The lowest BCUT2D eigenvalue weighted by Gasteiger charge is -1.97. The van der Waals surface area contributed by atoms with Crippen molar-refractivity contribution in [3.63, 3.8) is 0 Å². The molecule has 0 aliphatic heterocycles. The molecule has 3 nitrogen and oxygen atoms in total. The van der Waals surface area contributed by atoms with Crippen LogP contribution in [0.4, 0.5) is 0 Å². The largest absolute Gasteiger partial charge is 0.458 e. The smallest absolute Gasteiger partial charge is 0.331 e. The van der Waals surface area contributed by atoms with E-state index >= 15 is 0 Å². The molecule has 0 amide bonds. The van der Waals surface area contributed by atoms with Gasteiger partial charge in [-0.3, -0.25) is 0 Å². The lowest BCUT2D eigenvalue weighted by Crippen LogP contribution is -1.99. The van der Waals surface area contributed by atoms with E-state index in [0.29, 0.717) is 0 Å². The fraction of sp³-hybridized carbons (Fsp3) is 0.133. The van der Waals surface area contributed by atoms with Crippen LogP contribution >= 0.6 is 0 Å². The quantitative estimate of drug-likeness (QED) is 0.507. The van der Waals surface area contributed by atoms with E-state index in [4.69, 9.17) is 4.74 Å². The SMILES string of the molecule is C=CCOC(=O)C=Cc1cccc2[nH]c(C)cc12. The second-order valence-corrected chi connectivity index (χ2v) is 4.01. The molecule has 1 aromatic heterocycles. The fourth-order valence-electron chi connectivity index (χ4n) is 1.81. The Bertz CT molecular complexity index is 608. The number of esters is 1. The molecule has 0 fully saturated rings. The van der Waals surface area contributed by atoms with E-state index in [-0.39, 0.29) is 12.6 Å². The number of ether oxygens (including phenoxy) is 1. The van der Waals surface area contributed by atoms with Crippen molar-refractivity contribution in [1.82, 2.24) is 4.98 Å². The normalized spacial score (nSPS) is 10.9. The van der Waals surface area contributed by atoms with Crippen molar-refractivity contribution in [3.8, 4) is 0 Å². The van der Waals surface area contributed by atoms with Gasteiger partial charge < -0.3 is 9.72 Å². The third-order valence-electron chi connectivity index (χ3n) is 2.57. The molecule has 0 bridgehead atoms. The molecule has 1 aromatic carbocycles. The molecule has 18 heavy (non-hydrogen) atoms. The van der Waals surface area contributed by atoms with Crippen LogP contribution in [0, 0.1) is 6.92 Å². The molecule has 0 unspecified atom stereocenters. The number of hydrogen-bond donors (Lipinski definition) is 1. The Balaban J connectivity index is 2.23. The van der Waals surface area contributed by atoms with E-state index in [2.05, 4.69) is 17.6 Å². The summed E-state index contributed by atoms with van der Waals surface area (Å²) < 4.78 is 4.88. The van der Waals surface area contributed by atoms with Crippen LogP contribution in [0.3, 0.4) is 0 Å². The number of fused-ring (bicyclic) bond motifs is 1. The number of aromatic nitrogens is 1. The zero-order chi connectivity index (χ0) is 13.0. The molecule has 2 rings (SSSR count). The Morgan fingerprint density at radius 3 is 3.11 bits per heavy atom. The van der Waals surface area contributed by atoms with E-state index in [1.807, 2.05) is 25.1 Å². The lowest BCUT2D eigenvalue weighted by atomic mass is 10.1. The number of H-pyrrole nitrogens is 1. The number of rotatable bonds is 4. The Morgan fingerprint density at radius 1 is 1.50 bits per heavy atom. The van der Waals surface area contributed by atoms with Gasteiger partial charge in [-0.1, -0.05) is 24.8 Å². The summed E-state index contributed by atoms with van der Waals surface area (Å²) in [6.45, 7) is 5.73. The van der Waals surface area contributed by atoms with Crippen LogP contribution in [0.15, 0.2) is 43.0 Å². The van der Waals surface area contributed by atoms with Crippen LogP contribution in [-0.4, -0.2) is 17.6 Å². The van der Waals surface area contributed by atoms with Crippen LogP contribution in [0.2, 0.25) is 0 Å². The van der Waals surface area contributed by atoms with Gasteiger partial charge in [-0.25, -0.2) is 4.79 Å². The Kier molecular flexibility index (Phi) is 3.63. The topological polar surface area (TPSA) is 42.1 Å². The van der Waals surface area contributed by atoms with Crippen LogP contribution in [0.25, 0.3) is 17.0 Å². The summed E-state index contributed by atoms with van der Waals surface area (Å²) in [5, 5.41) is 1.10. The van der Waals surface area contributed by atoms with Gasteiger partial charge in [0.05, 0.1) is 0 Å². The van der Waals surface area contributed by atoms with E-state index in [9.17, 15) is 4.79 Å². The van der Waals surface area contributed by atoms with Crippen molar-refractivity contribution < 1.29 is 9.53 Å². The van der Waals surface area contributed by atoms with E-state index in [1.54, 1.807) is 12.2 Å². The van der Waals surface area contributed by atoms with Crippen molar-refractivity contribution >= 4 is 22.9 Å². The maximum atomic E-state index is 11.4. The highest BCUT2D eigenvalue weighted by Crippen LogP contribution is 2.20. The van der Waals surface area contributed by atoms with Crippen LogP contribution in [0.1, 0.15) is 11.3 Å². The van der Waals surface area contributed by atoms with Crippen molar-refractivity contribution in [3.05, 3.63) is 54.3 Å². The zero-order valence-electron chi connectivity index (χ0n) is 10.3. The minimum absolute atomic E-state index is 0.233. The summed E-state index contributed by atoms with van der Waals surface area (Å²) in [5.74, 6) is -0.362. The number of aromatic amines is 1. The molecule has 0 aliphatic rings. The van der Waals surface area contributed by atoms with Crippen LogP contribution < -0.4 is 0 Å². The number of benzene rings is 1. The highest BCUT2D eigenvalue weighted by atomic mass is 16.5. The monoisotopic (exact) mass is 241 g/mol. The van der Waals surface area contributed by atoms with Gasteiger partial charge in [0.25, 0.3) is 0 Å². The van der Waals surface area contributed by atoms with E-state index < -0.39 is 0 Å². The fourth-order valence-corrected chi connectivity index (χ4v) is 1.81. The number of hydrogen-bond acceptors (Lipinski definition) is 2. The Hall–Kier alpha value is -2.29. The third-order valence-corrected chi connectivity index (χ3v) is 2.57. The maximum absolute atomic E-state index is 11.4. The van der Waals surface area contributed by atoms with Crippen molar-refractivity contribution in [1.29, 1.82) is 0 Å². The standard InChI is InChI=1S/C15H15NO2/c1-3-9-18-15(17)8-7-12-5-4-6-14-13(12)10-11(2)16-14/h3-8,10,16H,1,9H2,2H3. The molecule has 0 atom stereocenters. The second-order valence-electron chi connectivity index (χ2n) is 4.01. The minimum atomic E-state index is -0.362. The number of carbonyl (C=O) groups excluding carboxylic acids is 1. The molecule has 0 saturated carbocycles. The molecule has 0 saturated heterocycles. The van der Waals surface area contributed by atoms with Crippen LogP contribution in [-0.2, 0) is 9.53 Å². The number of nitrogens with one attached hydrogen (secondary N) is 1. The first-order chi connectivity index (χ1) is 8.70. The predicted octanol–water partition coefficient (Wildman–Crippen LogP) is 3.22. The minimum Gasteiger partial charge on any atom is -0.458 e. The molecule has 0 radical (unpaired) electrons. The Labute approximate surface area is 106 Å². The number of carbonyl (C=O) groups is 1. The van der Waals surface area contributed by atoms with E-state index in [0.717, 1.165) is 22.2 Å². The zero-order valence-corrected chi connectivity index (χ0v) is 10.3. The van der Waals surface area contributed by atoms with Crippen molar-refractivity contribution in [2.45, 2.75) is 6.92 Å². The molecular weight excluding hydrogens is 226 g/mol. The molecule has 92 valence electrons. The predicted molar refractivity (Wildman–Crippen MR) is 73.2 cm³/mol. The molecule has 0 aliphatic carbocycles. The molecular formula is C15H15NO2. The molecule has 0 spiro atoms. The summed E-state index contributed by atoms with van der Waals surface area (Å²) in [6, 6.07) is 7.99. The first-order valence-electron chi connectivity index (χ1n) is 5.75. The highest BCUT2D eigenvalue weighted by molar-refractivity contribution is 5.94. The first-order valence-corrected chi connectivity index (χ1v) is 5.75. The van der Waals surface area contributed by atoms with Gasteiger partial charge in [-0.15, -0.1) is 0 Å². The second kappa shape index (κ2) is 5.36. The summed E-state index contributed by atoms with van der Waals surface area (Å²) in [7, 11) is 0. The average Bonchev–Trinajstić information content (AvgIpc) is 2.74. The molecule has 1 heterocycles. The van der Waals surface area contributed by atoms with Crippen molar-refractivity contribution in [2.75, 3.05) is 6.61 Å². The summed E-state index contributed by atoms with van der Waals surface area (Å²) in [5.41, 5.74) is 3.15. The summed E-state index contributed by atoms with van der Waals surface area (Å²) in [6.07, 6.45) is 4.74. The van der Waals surface area contributed by atoms with Gasteiger partial charge in [0.15, 0.2) is 0 Å². The van der Waals surface area contributed by atoms with Crippen molar-refractivity contribution in [2.24, 2.45) is 0 Å². The first kappa shape index (κ1) is 12.2. The highest BCUT2D eigenvalue weighted by Gasteiger charge is 2.01. The molecule has 3 heteroatoms. The van der Waals surface area contributed by atoms with Gasteiger partial charge in [0.1, 0.15) is 6.61 Å². The maximum Gasteiger partial charge on any atom is 0.331 e. The van der Waals surface area contributed by atoms with Crippen LogP contribution in [0.5, 0.6) is 0 Å².